The van der Waals surface area contributed by atoms with Crippen LogP contribution in [-0.2, 0) is 19.6 Å². The first-order valence-electron chi connectivity index (χ1n) is 10.4. The van der Waals surface area contributed by atoms with E-state index in [1.807, 2.05) is 0 Å². The van der Waals surface area contributed by atoms with E-state index < -0.39 is 33.0 Å². The number of amides is 2. The maximum atomic E-state index is 12.8. The molecule has 1 atom stereocenters. The molecule has 3 saturated heterocycles. The number of carbonyl (C=O) groups excluding carboxylic acids is 2. The van der Waals surface area contributed by atoms with Gasteiger partial charge in [0.05, 0.1) is 17.2 Å². The summed E-state index contributed by atoms with van der Waals surface area (Å²) in [5, 5.41) is 10.0. The number of pyridine rings is 1. The molecule has 1 unspecified atom stereocenters. The van der Waals surface area contributed by atoms with Gasteiger partial charge in [0.25, 0.3) is 5.91 Å². The van der Waals surface area contributed by atoms with Crippen LogP contribution in [0.3, 0.4) is 0 Å². The van der Waals surface area contributed by atoms with Gasteiger partial charge >= 0.3 is 12.1 Å². The van der Waals surface area contributed by atoms with Crippen LogP contribution < -0.4 is 5.32 Å². The highest BCUT2D eigenvalue weighted by Crippen LogP contribution is 2.56. The lowest BCUT2D eigenvalue weighted by molar-refractivity contribution is -0.192. The molecule has 1 aromatic heterocycles. The van der Waals surface area contributed by atoms with Crippen LogP contribution in [0.5, 0.6) is 0 Å². The van der Waals surface area contributed by atoms with E-state index in [0.717, 1.165) is 0 Å². The molecule has 188 valence electrons. The Balaban J connectivity index is 0.000000406. The number of aliphatic carboxylic acids is 1. The summed E-state index contributed by atoms with van der Waals surface area (Å²) in [6.45, 7) is 2.21. The molecule has 0 radical (unpaired) electrons. The number of piperidine rings is 1. The largest absolute Gasteiger partial charge is 0.490 e. The van der Waals surface area contributed by atoms with Gasteiger partial charge in [0, 0.05) is 50.5 Å². The molecule has 2 N–H and O–H groups in total. The number of halogens is 3. The van der Waals surface area contributed by atoms with Crippen LogP contribution in [0.1, 0.15) is 29.6 Å². The normalized spacial score (nSPS) is 24.6. The van der Waals surface area contributed by atoms with E-state index in [2.05, 4.69) is 10.3 Å². The molecule has 10 nitrogen and oxygen atoms in total. The Bertz CT molecular complexity index is 1060. The number of hydrogen-bond acceptors (Lipinski definition) is 6. The topological polar surface area (TPSA) is 137 Å². The summed E-state index contributed by atoms with van der Waals surface area (Å²) in [6.07, 6.45) is 1.20. The maximum Gasteiger partial charge on any atom is 0.490 e. The summed E-state index contributed by atoms with van der Waals surface area (Å²) < 4.78 is 57.6. The van der Waals surface area contributed by atoms with Gasteiger partial charge < -0.3 is 15.3 Å². The van der Waals surface area contributed by atoms with Crippen molar-refractivity contribution in [3.05, 3.63) is 30.1 Å². The third-order valence-corrected chi connectivity index (χ3v) is 8.04. The summed E-state index contributed by atoms with van der Waals surface area (Å²) >= 11 is 0. The van der Waals surface area contributed by atoms with Gasteiger partial charge in [-0.15, -0.1) is 0 Å². The van der Waals surface area contributed by atoms with E-state index in [9.17, 15) is 31.2 Å². The van der Waals surface area contributed by atoms with Crippen molar-refractivity contribution in [3.63, 3.8) is 0 Å². The maximum absolute atomic E-state index is 12.8. The number of hydrogen-bond donors (Lipinski definition) is 2. The lowest BCUT2D eigenvalue weighted by Crippen LogP contribution is -2.53. The average molecular weight is 507 g/mol. The molecule has 0 saturated carbocycles. The lowest BCUT2D eigenvalue weighted by atomic mass is 9.60. The highest BCUT2D eigenvalue weighted by atomic mass is 32.2. The average Bonchev–Trinajstić information content (AvgIpc) is 3.30. The molecule has 3 aliphatic rings. The van der Waals surface area contributed by atoms with Crippen LogP contribution in [0.25, 0.3) is 0 Å². The molecule has 0 bridgehead atoms. The highest BCUT2D eigenvalue weighted by molar-refractivity contribution is 7.88. The summed E-state index contributed by atoms with van der Waals surface area (Å²) in [5.74, 6) is -2.87. The fourth-order valence-electron chi connectivity index (χ4n) is 5.02. The molecule has 4 rings (SSSR count). The minimum atomic E-state index is -5.08. The molecule has 3 aliphatic heterocycles. The zero-order valence-corrected chi connectivity index (χ0v) is 19.2. The van der Waals surface area contributed by atoms with Gasteiger partial charge in [0.1, 0.15) is 0 Å². The van der Waals surface area contributed by atoms with Gasteiger partial charge in [-0.05, 0) is 31.4 Å². The van der Waals surface area contributed by atoms with Crippen molar-refractivity contribution in [1.82, 2.24) is 19.5 Å². The number of alkyl halides is 3. The van der Waals surface area contributed by atoms with Crippen LogP contribution in [-0.4, -0.2) is 90.7 Å². The number of nitrogens with zero attached hydrogens (tertiary/aromatic N) is 3. The number of carbonyl (C=O) groups is 3. The molecule has 1 aromatic rings. The van der Waals surface area contributed by atoms with E-state index >= 15 is 0 Å². The molecule has 4 heterocycles. The second-order valence-corrected chi connectivity index (χ2v) is 10.7. The predicted octanol–water partition coefficient (Wildman–Crippen LogP) is 0.719. The van der Waals surface area contributed by atoms with E-state index in [1.54, 1.807) is 29.4 Å². The number of nitrogens with one attached hydrogen (secondary N) is 1. The van der Waals surface area contributed by atoms with Crippen molar-refractivity contribution in [3.8, 4) is 0 Å². The molecule has 2 spiro atoms. The molecule has 3 fully saturated rings. The van der Waals surface area contributed by atoms with Crippen molar-refractivity contribution in [2.24, 2.45) is 10.8 Å². The minimum absolute atomic E-state index is 0.0410. The van der Waals surface area contributed by atoms with Crippen molar-refractivity contribution in [1.29, 1.82) is 0 Å². The number of carboxylic acid groups (broad SMARTS) is 1. The summed E-state index contributed by atoms with van der Waals surface area (Å²) in [6, 6.07) is 3.48. The van der Waals surface area contributed by atoms with Gasteiger partial charge in [0.15, 0.2) is 0 Å². The first kappa shape index (κ1) is 25.9. The number of aromatic nitrogens is 1. The number of fused-ring (bicyclic) bond motifs is 1. The van der Waals surface area contributed by atoms with Crippen molar-refractivity contribution < 1.29 is 41.1 Å². The molecular weight excluding hydrogens is 481 g/mol. The Labute approximate surface area is 194 Å². The van der Waals surface area contributed by atoms with Crippen molar-refractivity contribution >= 4 is 27.8 Å². The second-order valence-electron chi connectivity index (χ2n) is 8.74. The van der Waals surface area contributed by atoms with Gasteiger partial charge in [-0.3, -0.25) is 14.6 Å². The van der Waals surface area contributed by atoms with Gasteiger partial charge in [-0.2, -0.15) is 13.2 Å². The van der Waals surface area contributed by atoms with Gasteiger partial charge in [-0.1, -0.05) is 0 Å². The Morgan fingerprint density at radius 1 is 1.18 bits per heavy atom. The van der Waals surface area contributed by atoms with E-state index in [4.69, 9.17) is 9.90 Å². The minimum Gasteiger partial charge on any atom is -0.475 e. The summed E-state index contributed by atoms with van der Waals surface area (Å²) in [7, 11) is -3.37. The van der Waals surface area contributed by atoms with E-state index in [-0.39, 0.29) is 18.4 Å². The van der Waals surface area contributed by atoms with Crippen LogP contribution in [0.4, 0.5) is 13.2 Å². The Morgan fingerprint density at radius 3 is 2.24 bits per heavy atom. The zero-order valence-electron chi connectivity index (χ0n) is 18.3. The van der Waals surface area contributed by atoms with Gasteiger partial charge in [0.2, 0.25) is 15.9 Å². The Kier molecular flexibility index (Phi) is 6.95. The molecule has 34 heavy (non-hydrogen) atoms. The third kappa shape index (κ3) is 4.87. The highest BCUT2D eigenvalue weighted by Gasteiger charge is 2.65. The Hall–Kier alpha value is -2.74. The van der Waals surface area contributed by atoms with Crippen molar-refractivity contribution in [2.45, 2.75) is 25.4 Å². The smallest absolute Gasteiger partial charge is 0.475 e. The number of rotatable bonds is 2. The standard InChI is InChI=1S/C18H24N4O4S.C2HF3O2/c1-27(25,26)22-12-17(18(13-22)4-8-20-16(18)24)5-9-21(10-6-17)15(23)14-3-2-7-19-11-14;3-2(4,5)1(6)7/h2-3,7,11H,4-6,8-10,12-13H2,1H3,(H,20,24);(H,6,7). The zero-order chi connectivity index (χ0) is 25.4. The number of sulfonamides is 1. The first-order valence-corrected chi connectivity index (χ1v) is 12.3. The summed E-state index contributed by atoms with van der Waals surface area (Å²) in [5.41, 5.74) is -0.548. The first-order chi connectivity index (χ1) is 15.7. The van der Waals surface area contributed by atoms with Crippen LogP contribution in [0, 0.1) is 10.8 Å². The summed E-state index contributed by atoms with van der Waals surface area (Å²) in [4.78, 5) is 40.1. The second kappa shape index (κ2) is 9.13. The lowest BCUT2D eigenvalue weighted by Gasteiger charge is -2.46. The quantitative estimate of drug-likeness (QED) is 0.603. The van der Waals surface area contributed by atoms with Crippen LogP contribution in [0.15, 0.2) is 24.5 Å². The molecule has 14 heteroatoms. The molecule has 0 aliphatic carbocycles. The number of carboxylic acids is 1. The SMILES string of the molecule is CS(=O)(=O)N1CC2(CCN(C(=O)c3cccnc3)CC2)C2(CCNC2=O)C1.O=C(O)C(F)(F)F. The monoisotopic (exact) mass is 506 g/mol. The van der Waals surface area contributed by atoms with Gasteiger partial charge in [-0.25, -0.2) is 17.5 Å². The van der Waals surface area contributed by atoms with E-state index in [0.29, 0.717) is 51.0 Å². The predicted molar refractivity (Wildman–Crippen MR) is 112 cm³/mol. The molecule has 2 amide bonds. The van der Waals surface area contributed by atoms with Crippen LogP contribution >= 0.6 is 0 Å². The number of likely N-dealkylation sites (tertiary alicyclic amines) is 1. The van der Waals surface area contributed by atoms with E-state index in [1.165, 1.54) is 10.6 Å². The van der Waals surface area contributed by atoms with Crippen LogP contribution in [0.2, 0.25) is 0 Å². The third-order valence-electron chi connectivity index (χ3n) is 6.84. The van der Waals surface area contributed by atoms with Crippen molar-refractivity contribution in [2.75, 3.05) is 39.0 Å². The fourth-order valence-corrected chi connectivity index (χ4v) is 5.96. The fraction of sp³-hybridized carbons (Fsp3) is 0.600. The molecule has 0 aromatic carbocycles. The molecular formula is C20H25F3N4O6S. The Morgan fingerprint density at radius 2 is 1.79 bits per heavy atom.